The van der Waals surface area contributed by atoms with Crippen molar-refractivity contribution >= 4 is 40.2 Å². The highest BCUT2D eigenvalue weighted by atomic mass is 127. The number of amides is 1. The minimum Gasteiger partial charge on any atom is -0.456 e. The second-order valence-electron chi connectivity index (χ2n) is 6.33. The van der Waals surface area contributed by atoms with Crippen molar-refractivity contribution in [1.82, 2.24) is 0 Å². The standard InChI is InChI=1S/C17H20INO3/c18-14-3-1-2-4-15(14)19-16(20)10-22-17(21)9-13-8-11-5-6-12(13)7-11/h1-4,11-13H,5-10H2,(H,19,20). The van der Waals surface area contributed by atoms with E-state index in [1.165, 1.54) is 19.3 Å². The van der Waals surface area contributed by atoms with Gasteiger partial charge >= 0.3 is 5.97 Å². The lowest BCUT2D eigenvalue weighted by Crippen LogP contribution is -2.23. The van der Waals surface area contributed by atoms with Crippen molar-refractivity contribution in [1.29, 1.82) is 0 Å². The second-order valence-corrected chi connectivity index (χ2v) is 7.49. The van der Waals surface area contributed by atoms with Crippen molar-refractivity contribution in [3.05, 3.63) is 27.8 Å². The van der Waals surface area contributed by atoms with Crippen LogP contribution in [0.1, 0.15) is 32.1 Å². The van der Waals surface area contributed by atoms with Crippen molar-refractivity contribution in [3.8, 4) is 0 Å². The molecule has 3 rings (SSSR count). The number of para-hydroxylation sites is 1. The highest BCUT2D eigenvalue weighted by molar-refractivity contribution is 14.1. The molecule has 3 atom stereocenters. The number of nitrogens with one attached hydrogen (secondary N) is 1. The Morgan fingerprint density at radius 3 is 2.73 bits per heavy atom. The number of hydrogen-bond donors (Lipinski definition) is 1. The number of benzene rings is 1. The van der Waals surface area contributed by atoms with E-state index in [9.17, 15) is 9.59 Å². The van der Waals surface area contributed by atoms with Gasteiger partial charge in [-0.1, -0.05) is 18.6 Å². The minimum atomic E-state index is -0.287. The zero-order valence-electron chi connectivity index (χ0n) is 12.4. The Balaban J connectivity index is 1.41. The molecule has 5 heteroatoms. The molecular formula is C17H20INO3. The van der Waals surface area contributed by atoms with Gasteiger partial charge in [-0.15, -0.1) is 0 Å². The first-order valence-electron chi connectivity index (χ1n) is 7.82. The zero-order chi connectivity index (χ0) is 15.5. The molecule has 4 nitrogen and oxygen atoms in total. The molecule has 0 aromatic heterocycles. The third kappa shape index (κ3) is 3.80. The maximum atomic E-state index is 11.9. The summed E-state index contributed by atoms with van der Waals surface area (Å²) in [5, 5.41) is 2.76. The van der Waals surface area contributed by atoms with Crippen molar-refractivity contribution in [2.75, 3.05) is 11.9 Å². The van der Waals surface area contributed by atoms with E-state index in [2.05, 4.69) is 27.9 Å². The van der Waals surface area contributed by atoms with Crippen LogP contribution >= 0.6 is 22.6 Å². The third-order valence-electron chi connectivity index (χ3n) is 4.83. The van der Waals surface area contributed by atoms with E-state index >= 15 is 0 Å². The first-order valence-corrected chi connectivity index (χ1v) is 8.89. The van der Waals surface area contributed by atoms with Gasteiger partial charge in [-0.3, -0.25) is 9.59 Å². The van der Waals surface area contributed by atoms with Gasteiger partial charge in [0, 0.05) is 9.99 Å². The Hall–Kier alpha value is -1.11. The maximum Gasteiger partial charge on any atom is 0.306 e. The Morgan fingerprint density at radius 2 is 2.05 bits per heavy atom. The number of hydrogen-bond acceptors (Lipinski definition) is 3. The lowest BCUT2D eigenvalue weighted by Gasteiger charge is -2.20. The van der Waals surface area contributed by atoms with Gasteiger partial charge in [0.25, 0.3) is 5.91 Å². The van der Waals surface area contributed by atoms with E-state index < -0.39 is 0 Å². The maximum absolute atomic E-state index is 11.9. The van der Waals surface area contributed by atoms with E-state index in [-0.39, 0.29) is 18.5 Å². The van der Waals surface area contributed by atoms with Crippen LogP contribution in [0.4, 0.5) is 5.69 Å². The first-order chi connectivity index (χ1) is 10.6. The fourth-order valence-corrected chi connectivity index (χ4v) is 4.32. The van der Waals surface area contributed by atoms with Gasteiger partial charge in [0.05, 0.1) is 5.69 Å². The predicted octanol–water partition coefficient (Wildman–Crippen LogP) is 3.60. The van der Waals surface area contributed by atoms with E-state index in [0.29, 0.717) is 18.3 Å². The van der Waals surface area contributed by atoms with Gasteiger partial charge in [0.15, 0.2) is 6.61 Å². The molecule has 0 aliphatic heterocycles. The number of esters is 1. The van der Waals surface area contributed by atoms with Crippen molar-refractivity contribution < 1.29 is 14.3 Å². The summed E-state index contributed by atoms with van der Waals surface area (Å²) in [5.74, 6) is 1.48. The highest BCUT2D eigenvalue weighted by Crippen LogP contribution is 2.49. The molecule has 1 amide bonds. The summed E-state index contributed by atoms with van der Waals surface area (Å²) in [6.07, 6.45) is 5.50. The molecule has 22 heavy (non-hydrogen) atoms. The molecule has 3 unspecified atom stereocenters. The summed E-state index contributed by atoms with van der Waals surface area (Å²) < 4.78 is 6.09. The van der Waals surface area contributed by atoms with E-state index in [1.54, 1.807) is 0 Å². The Bertz CT molecular complexity index is 575. The third-order valence-corrected chi connectivity index (χ3v) is 5.77. The molecule has 2 saturated carbocycles. The molecule has 2 aliphatic carbocycles. The number of fused-ring (bicyclic) bond motifs is 2. The summed E-state index contributed by atoms with van der Waals surface area (Å²) in [6, 6.07) is 7.51. The van der Waals surface area contributed by atoms with Gasteiger partial charge in [-0.25, -0.2) is 0 Å². The van der Waals surface area contributed by atoms with Crippen LogP contribution in [0.5, 0.6) is 0 Å². The van der Waals surface area contributed by atoms with Crippen molar-refractivity contribution in [2.24, 2.45) is 17.8 Å². The lowest BCUT2D eigenvalue weighted by molar-refractivity contribution is -0.148. The lowest BCUT2D eigenvalue weighted by atomic mass is 9.86. The summed E-state index contributed by atoms with van der Waals surface area (Å²) >= 11 is 2.16. The normalized spacial score (nSPS) is 26.0. The highest BCUT2D eigenvalue weighted by Gasteiger charge is 2.40. The molecule has 1 aromatic carbocycles. The van der Waals surface area contributed by atoms with Crippen LogP contribution in [0, 0.1) is 21.3 Å². The molecule has 1 N–H and O–H groups in total. The summed E-state index contributed by atoms with van der Waals surface area (Å²) in [7, 11) is 0. The largest absolute Gasteiger partial charge is 0.456 e. The first kappa shape index (κ1) is 15.8. The molecule has 2 fully saturated rings. The molecule has 2 bridgehead atoms. The molecule has 0 saturated heterocycles. The van der Waals surface area contributed by atoms with E-state index in [0.717, 1.165) is 21.6 Å². The average molecular weight is 413 g/mol. The van der Waals surface area contributed by atoms with Gasteiger partial charge < -0.3 is 10.1 Å². The van der Waals surface area contributed by atoms with Crippen molar-refractivity contribution in [3.63, 3.8) is 0 Å². The van der Waals surface area contributed by atoms with Crippen LogP contribution in [0.25, 0.3) is 0 Å². The van der Waals surface area contributed by atoms with Gasteiger partial charge in [-0.05, 0) is 71.7 Å². The SMILES string of the molecule is O=C(COC(=O)CC1CC2CCC1C2)Nc1ccccc1I. The molecule has 2 aliphatic rings. The second kappa shape index (κ2) is 6.98. The Labute approximate surface area is 144 Å². The fraction of sp³-hybridized carbons (Fsp3) is 0.529. The van der Waals surface area contributed by atoms with Gasteiger partial charge in [-0.2, -0.15) is 0 Å². The summed E-state index contributed by atoms with van der Waals surface area (Å²) in [4.78, 5) is 23.7. The number of anilines is 1. The van der Waals surface area contributed by atoms with Crippen LogP contribution in [-0.2, 0) is 14.3 Å². The molecule has 1 aromatic rings. The molecular weight excluding hydrogens is 393 g/mol. The van der Waals surface area contributed by atoms with Gasteiger partial charge in [0.1, 0.15) is 0 Å². The average Bonchev–Trinajstić information content (AvgIpc) is 3.10. The predicted molar refractivity (Wildman–Crippen MR) is 92.3 cm³/mol. The Kier molecular flexibility index (Phi) is 5.00. The molecule has 0 heterocycles. The number of carbonyl (C=O) groups excluding carboxylic acids is 2. The quantitative estimate of drug-likeness (QED) is 0.593. The number of ether oxygens (including phenoxy) is 1. The van der Waals surface area contributed by atoms with E-state index in [4.69, 9.17) is 4.74 Å². The van der Waals surface area contributed by atoms with Crippen LogP contribution in [0.15, 0.2) is 24.3 Å². The molecule has 0 radical (unpaired) electrons. The summed E-state index contributed by atoms with van der Waals surface area (Å²) in [6.45, 7) is -0.204. The van der Waals surface area contributed by atoms with Crippen LogP contribution in [0.3, 0.4) is 0 Å². The van der Waals surface area contributed by atoms with E-state index in [1.807, 2.05) is 24.3 Å². The number of rotatable bonds is 5. The molecule has 118 valence electrons. The molecule has 0 spiro atoms. The van der Waals surface area contributed by atoms with Crippen LogP contribution < -0.4 is 5.32 Å². The van der Waals surface area contributed by atoms with Gasteiger partial charge in [0.2, 0.25) is 0 Å². The summed E-state index contributed by atoms with van der Waals surface area (Å²) in [5.41, 5.74) is 0.747. The van der Waals surface area contributed by atoms with Crippen LogP contribution in [-0.4, -0.2) is 18.5 Å². The number of halogens is 1. The Morgan fingerprint density at radius 1 is 1.23 bits per heavy atom. The fourth-order valence-electron chi connectivity index (χ4n) is 3.79. The number of carbonyl (C=O) groups is 2. The van der Waals surface area contributed by atoms with Crippen LogP contribution in [0.2, 0.25) is 0 Å². The topological polar surface area (TPSA) is 55.4 Å². The monoisotopic (exact) mass is 413 g/mol. The zero-order valence-corrected chi connectivity index (χ0v) is 14.5. The minimum absolute atomic E-state index is 0.204. The van der Waals surface area contributed by atoms with Crippen molar-refractivity contribution in [2.45, 2.75) is 32.1 Å². The smallest absolute Gasteiger partial charge is 0.306 e.